The molecular weight excluding hydrogens is 306 g/mol. The van der Waals surface area contributed by atoms with Crippen molar-refractivity contribution in [3.8, 4) is 0 Å². The van der Waals surface area contributed by atoms with Crippen LogP contribution in [0.2, 0.25) is 0 Å². The SMILES string of the molecule is Cc1cc(NC(=O)CCN2CCC[C@@H](Cc3nccn3C)C2)no1. The molecule has 24 heavy (non-hydrogen) atoms. The van der Waals surface area contributed by atoms with Crippen LogP contribution in [0.15, 0.2) is 23.0 Å². The first-order valence-corrected chi connectivity index (χ1v) is 8.52. The quantitative estimate of drug-likeness (QED) is 0.876. The molecule has 1 atom stereocenters. The summed E-state index contributed by atoms with van der Waals surface area (Å²) in [4.78, 5) is 18.8. The van der Waals surface area contributed by atoms with E-state index in [2.05, 4.69) is 24.9 Å². The molecule has 3 heterocycles. The van der Waals surface area contributed by atoms with E-state index in [0.29, 0.717) is 23.9 Å². The molecular formula is C17H25N5O2. The summed E-state index contributed by atoms with van der Waals surface area (Å²) in [6, 6.07) is 1.72. The van der Waals surface area contributed by atoms with E-state index in [-0.39, 0.29) is 5.91 Å². The Bertz CT molecular complexity index is 678. The van der Waals surface area contributed by atoms with Crippen molar-refractivity contribution in [1.29, 1.82) is 0 Å². The number of hydrogen-bond acceptors (Lipinski definition) is 5. The lowest BCUT2D eigenvalue weighted by Gasteiger charge is -2.32. The third kappa shape index (κ3) is 4.44. The van der Waals surface area contributed by atoms with Gasteiger partial charge in [0.2, 0.25) is 5.91 Å². The number of carbonyl (C=O) groups excluding carboxylic acids is 1. The van der Waals surface area contributed by atoms with E-state index < -0.39 is 0 Å². The second-order valence-corrected chi connectivity index (χ2v) is 6.59. The van der Waals surface area contributed by atoms with Crippen LogP contribution < -0.4 is 5.32 Å². The zero-order valence-electron chi connectivity index (χ0n) is 14.4. The van der Waals surface area contributed by atoms with Gasteiger partial charge >= 0.3 is 0 Å². The molecule has 1 aliphatic rings. The normalized spacial score (nSPS) is 18.7. The minimum Gasteiger partial charge on any atom is -0.360 e. The number of nitrogens with zero attached hydrogens (tertiary/aromatic N) is 4. The lowest BCUT2D eigenvalue weighted by Crippen LogP contribution is -2.38. The van der Waals surface area contributed by atoms with E-state index in [1.54, 1.807) is 13.0 Å². The van der Waals surface area contributed by atoms with Gasteiger partial charge in [-0.2, -0.15) is 0 Å². The van der Waals surface area contributed by atoms with Crippen LogP contribution in [-0.2, 0) is 18.3 Å². The van der Waals surface area contributed by atoms with E-state index >= 15 is 0 Å². The second kappa shape index (κ2) is 7.61. The van der Waals surface area contributed by atoms with Crippen molar-refractivity contribution >= 4 is 11.7 Å². The Kier molecular flexibility index (Phi) is 5.30. The van der Waals surface area contributed by atoms with E-state index in [9.17, 15) is 4.79 Å². The van der Waals surface area contributed by atoms with Crippen LogP contribution in [0.3, 0.4) is 0 Å². The number of rotatable bonds is 6. The molecule has 0 bridgehead atoms. The number of imidazole rings is 1. The Morgan fingerprint density at radius 2 is 2.38 bits per heavy atom. The third-order valence-electron chi connectivity index (χ3n) is 4.55. The highest BCUT2D eigenvalue weighted by Crippen LogP contribution is 2.20. The molecule has 0 spiro atoms. The van der Waals surface area contributed by atoms with Gasteiger partial charge in [-0.3, -0.25) is 4.79 Å². The van der Waals surface area contributed by atoms with E-state index in [1.807, 2.05) is 19.4 Å². The van der Waals surface area contributed by atoms with Crippen LogP contribution >= 0.6 is 0 Å². The first kappa shape index (κ1) is 16.7. The van der Waals surface area contributed by atoms with Crippen molar-refractivity contribution in [2.45, 2.75) is 32.6 Å². The number of amides is 1. The first-order valence-electron chi connectivity index (χ1n) is 8.52. The highest BCUT2D eigenvalue weighted by Gasteiger charge is 2.22. The van der Waals surface area contributed by atoms with Gasteiger partial charge in [0, 0.05) is 51.4 Å². The molecule has 1 fully saturated rings. The predicted octanol–water partition coefficient (Wildman–Crippen LogP) is 2.00. The lowest BCUT2D eigenvalue weighted by atomic mass is 9.94. The summed E-state index contributed by atoms with van der Waals surface area (Å²) in [5.74, 6) is 2.92. The van der Waals surface area contributed by atoms with Crippen LogP contribution in [-0.4, -0.2) is 45.1 Å². The van der Waals surface area contributed by atoms with Crippen LogP contribution in [0, 0.1) is 12.8 Å². The minimum absolute atomic E-state index is 0.0190. The molecule has 0 aliphatic carbocycles. The lowest BCUT2D eigenvalue weighted by molar-refractivity contribution is -0.116. The predicted molar refractivity (Wildman–Crippen MR) is 90.6 cm³/mol. The molecule has 3 rings (SSSR count). The molecule has 7 heteroatoms. The molecule has 1 aliphatic heterocycles. The molecule has 1 saturated heterocycles. The molecule has 0 unspecified atom stereocenters. The minimum atomic E-state index is -0.0190. The largest absolute Gasteiger partial charge is 0.360 e. The van der Waals surface area contributed by atoms with Crippen molar-refractivity contribution in [3.05, 3.63) is 30.0 Å². The molecule has 2 aromatic rings. The summed E-state index contributed by atoms with van der Waals surface area (Å²) in [7, 11) is 2.04. The number of aromatic nitrogens is 3. The smallest absolute Gasteiger partial charge is 0.226 e. The summed E-state index contributed by atoms with van der Waals surface area (Å²) in [5.41, 5.74) is 0. The number of carbonyl (C=O) groups is 1. The maximum Gasteiger partial charge on any atom is 0.226 e. The highest BCUT2D eigenvalue weighted by molar-refractivity contribution is 5.89. The summed E-state index contributed by atoms with van der Waals surface area (Å²) < 4.78 is 7.04. The Morgan fingerprint density at radius 3 is 3.08 bits per heavy atom. The zero-order valence-corrected chi connectivity index (χ0v) is 14.4. The van der Waals surface area contributed by atoms with E-state index in [0.717, 1.165) is 31.9 Å². The van der Waals surface area contributed by atoms with E-state index in [1.165, 1.54) is 12.8 Å². The summed E-state index contributed by atoms with van der Waals surface area (Å²) in [5, 5.41) is 6.56. The van der Waals surface area contributed by atoms with Crippen LogP contribution in [0.25, 0.3) is 0 Å². The number of aryl methyl sites for hydroxylation is 2. The van der Waals surface area contributed by atoms with Crippen LogP contribution in [0.1, 0.15) is 30.8 Å². The van der Waals surface area contributed by atoms with Crippen molar-refractivity contribution in [2.75, 3.05) is 25.0 Å². The van der Waals surface area contributed by atoms with Gasteiger partial charge in [-0.1, -0.05) is 5.16 Å². The molecule has 0 saturated carbocycles. The van der Waals surface area contributed by atoms with Crippen molar-refractivity contribution < 1.29 is 9.32 Å². The third-order valence-corrected chi connectivity index (χ3v) is 4.55. The zero-order chi connectivity index (χ0) is 16.9. The van der Waals surface area contributed by atoms with Gasteiger partial charge in [-0.05, 0) is 32.2 Å². The fraction of sp³-hybridized carbons (Fsp3) is 0.588. The van der Waals surface area contributed by atoms with Gasteiger partial charge < -0.3 is 19.3 Å². The number of piperidine rings is 1. The van der Waals surface area contributed by atoms with Crippen LogP contribution in [0.5, 0.6) is 0 Å². The Hall–Kier alpha value is -2.15. The molecule has 1 N–H and O–H groups in total. The number of anilines is 1. The molecule has 1 amide bonds. The van der Waals surface area contributed by atoms with Crippen molar-refractivity contribution in [3.63, 3.8) is 0 Å². The first-order chi connectivity index (χ1) is 11.6. The highest BCUT2D eigenvalue weighted by atomic mass is 16.5. The van der Waals surface area contributed by atoms with Gasteiger partial charge in [0.1, 0.15) is 11.6 Å². The monoisotopic (exact) mass is 331 g/mol. The molecule has 7 nitrogen and oxygen atoms in total. The Labute approximate surface area is 142 Å². The summed E-state index contributed by atoms with van der Waals surface area (Å²) in [6.07, 6.45) is 7.73. The van der Waals surface area contributed by atoms with Crippen molar-refractivity contribution in [2.24, 2.45) is 13.0 Å². The average molecular weight is 331 g/mol. The van der Waals surface area contributed by atoms with Gasteiger partial charge in [-0.25, -0.2) is 4.98 Å². The number of hydrogen-bond donors (Lipinski definition) is 1. The second-order valence-electron chi connectivity index (χ2n) is 6.59. The standard InChI is InChI=1S/C17H25N5O2/c1-13-10-15(20-24-13)19-17(23)5-8-22-7-3-4-14(12-22)11-16-18-6-9-21(16)2/h6,9-10,14H,3-5,7-8,11-12H2,1-2H3,(H,19,20,23)/t14-/m0/s1. The molecule has 130 valence electrons. The molecule has 0 radical (unpaired) electrons. The molecule has 2 aromatic heterocycles. The van der Waals surface area contributed by atoms with Gasteiger partial charge in [0.05, 0.1) is 0 Å². The molecule has 0 aromatic carbocycles. The fourth-order valence-electron chi connectivity index (χ4n) is 3.26. The number of likely N-dealkylation sites (tertiary alicyclic amines) is 1. The van der Waals surface area contributed by atoms with Crippen molar-refractivity contribution in [1.82, 2.24) is 19.6 Å². The number of nitrogens with one attached hydrogen (secondary N) is 1. The summed E-state index contributed by atoms with van der Waals surface area (Å²) in [6.45, 7) is 4.68. The summed E-state index contributed by atoms with van der Waals surface area (Å²) >= 11 is 0. The van der Waals surface area contributed by atoms with Gasteiger partial charge in [-0.15, -0.1) is 0 Å². The fourth-order valence-corrected chi connectivity index (χ4v) is 3.26. The van der Waals surface area contributed by atoms with Gasteiger partial charge in [0.15, 0.2) is 5.82 Å². The maximum absolute atomic E-state index is 12.0. The average Bonchev–Trinajstić information content (AvgIpc) is 3.15. The van der Waals surface area contributed by atoms with Gasteiger partial charge in [0.25, 0.3) is 0 Å². The van der Waals surface area contributed by atoms with E-state index in [4.69, 9.17) is 4.52 Å². The topological polar surface area (TPSA) is 76.2 Å². The Balaban J connectivity index is 1.43. The maximum atomic E-state index is 12.0. The Morgan fingerprint density at radius 1 is 1.50 bits per heavy atom. The van der Waals surface area contributed by atoms with Crippen LogP contribution in [0.4, 0.5) is 5.82 Å².